The number of nitrogens with one attached hydrogen (secondary N) is 1. The molecule has 0 fully saturated rings. The third kappa shape index (κ3) is 3.48. The van der Waals surface area contributed by atoms with Crippen LogP contribution in [0, 0.1) is 0 Å². The standard InChI is InChI=1S/C10H14ClNO2S/c1-8(2)15(13,14)12-7-9-5-3-4-6-10(9)11/h3-6,8,12H,7H2,1-2H3. The monoisotopic (exact) mass is 247 g/mol. The van der Waals surface area contributed by atoms with Crippen LogP contribution >= 0.6 is 11.6 Å². The summed E-state index contributed by atoms with van der Waals surface area (Å²) in [5.41, 5.74) is 0.781. The van der Waals surface area contributed by atoms with E-state index in [1.54, 1.807) is 26.0 Å². The summed E-state index contributed by atoms with van der Waals surface area (Å²) >= 11 is 5.90. The van der Waals surface area contributed by atoms with Gasteiger partial charge in [-0.2, -0.15) is 0 Å². The summed E-state index contributed by atoms with van der Waals surface area (Å²) in [5.74, 6) is 0. The molecule has 0 aliphatic heterocycles. The highest BCUT2D eigenvalue weighted by Crippen LogP contribution is 2.14. The smallest absolute Gasteiger partial charge is 0.212 e. The van der Waals surface area contributed by atoms with E-state index < -0.39 is 15.3 Å². The van der Waals surface area contributed by atoms with Crippen molar-refractivity contribution in [3.63, 3.8) is 0 Å². The Hall–Kier alpha value is -0.580. The molecule has 84 valence electrons. The Balaban J connectivity index is 2.70. The molecule has 1 aromatic rings. The van der Waals surface area contributed by atoms with Gasteiger partial charge in [0.2, 0.25) is 10.0 Å². The van der Waals surface area contributed by atoms with E-state index in [0.717, 1.165) is 5.56 Å². The molecule has 0 radical (unpaired) electrons. The van der Waals surface area contributed by atoms with Crippen molar-refractivity contribution in [1.29, 1.82) is 0 Å². The molecule has 0 aliphatic carbocycles. The lowest BCUT2D eigenvalue weighted by molar-refractivity contribution is 0.572. The molecule has 1 aromatic carbocycles. The van der Waals surface area contributed by atoms with E-state index in [9.17, 15) is 8.42 Å². The lowest BCUT2D eigenvalue weighted by Gasteiger charge is -2.10. The molecule has 3 nitrogen and oxygen atoms in total. The molecule has 0 heterocycles. The van der Waals surface area contributed by atoms with Gasteiger partial charge in [0.05, 0.1) is 5.25 Å². The molecule has 0 aliphatic rings. The van der Waals surface area contributed by atoms with Gasteiger partial charge in [0.1, 0.15) is 0 Å². The van der Waals surface area contributed by atoms with Crippen LogP contribution in [-0.2, 0) is 16.6 Å². The van der Waals surface area contributed by atoms with Crippen LogP contribution in [-0.4, -0.2) is 13.7 Å². The summed E-state index contributed by atoms with van der Waals surface area (Å²) in [6, 6.07) is 7.17. The molecule has 15 heavy (non-hydrogen) atoms. The minimum Gasteiger partial charge on any atom is -0.212 e. The lowest BCUT2D eigenvalue weighted by Crippen LogP contribution is -2.30. The van der Waals surface area contributed by atoms with Crippen molar-refractivity contribution in [2.75, 3.05) is 0 Å². The molecule has 0 aromatic heterocycles. The molecular weight excluding hydrogens is 234 g/mol. The number of sulfonamides is 1. The number of halogens is 1. The predicted octanol–water partition coefficient (Wildman–Crippen LogP) is 2.17. The van der Waals surface area contributed by atoms with Gasteiger partial charge in [-0.3, -0.25) is 0 Å². The maximum atomic E-state index is 11.5. The largest absolute Gasteiger partial charge is 0.214 e. The van der Waals surface area contributed by atoms with Crippen molar-refractivity contribution >= 4 is 21.6 Å². The van der Waals surface area contributed by atoms with Crippen LogP contribution in [0.15, 0.2) is 24.3 Å². The highest BCUT2D eigenvalue weighted by Gasteiger charge is 2.15. The van der Waals surface area contributed by atoms with Gasteiger partial charge >= 0.3 is 0 Å². The summed E-state index contributed by atoms with van der Waals surface area (Å²) in [4.78, 5) is 0. The van der Waals surface area contributed by atoms with Crippen molar-refractivity contribution in [2.24, 2.45) is 0 Å². The van der Waals surface area contributed by atoms with Crippen LogP contribution in [0.5, 0.6) is 0 Å². The zero-order valence-corrected chi connectivity index (χ0v) is 10.3. The highest BCUT2D eigenvalue weighted by molar-refractivity contribution is 7.90. The van der Waals surface area contributed by atoms with Gasteiger partial charge in [0, 0.05) is 11.6 Å². The first-order chi connectivity index (χ1) is 6.93. The molecule has 0 atom stereocenters. The second-order valence-corrected chi connectivity index (χ2v) is 6.23. The van der Waals surface area contributed by atoms with Crippen molar-refractivity contribution < 1.29 is 8.42 Å². The topological polar surface area (TPSA) is 46.2 Å². The molecule has 0 bridgehead atoms. The first-order valence-corrected chi connectivity index (χ1v) is 6.58. The van der Waals surface area contributed by atoms with Crippen LogP contribution in [0.2, 0.25) is 5.02 Å². The predicted molar refractivity (Wildman–Crippen MR) is 62.3 cm³/mol. The second kappa shape index (κ2) is 4.96. The van der Waals surface area contributed by atoms with E-state index in [1.807, 2.05) is 12.1 Å². The Labute approximate surface area is 95.5 Å². The van der Waals surface area contributed by atoms with Gasteiger partial charge in [-0.15, -0.1) is 0 Å². The molecule has 0 saturated heterocycles. The third-order valence-electron chi connectivity index (χ3n) is 2.04. The third-order valence-corrected chi connectivity index (χ3v) is 4.20. The number of hydrogen-bond donors (Lipinski definition) is 1. The summed E-state index contributed by atoms with van der Waals surface area (Å²) in [6.07, 6.45) is 0. The first-order valence-electron chi connectivity index (χ1n) is 4.65. The fourth-order valence-corrected chi connectivity index (χ4v) is 1.88. The van der Waals surface area contributed by atoms with Crippen LogP contribution < -0.4 is 4.72 Å². The van der Waals surface area contributed by atoms with Gasteiger partial charge in [-0.25, -0.2) is 13.1 Å². The molecule has 0 saturated carbocycles. The molecule has 1 N–H and O–H groups in total. The Morgan fingerprint density at radius 3 is 2.47 bits per heavy atom. The molecule has 0 spiro atoms. The molecule has 0 amide bonds. The van der Waals surface area contributed by atoms with Crippen molar-refractivity contribution in [3.05, 3.63) is 34.9 Å². The van der Waals surface area contributed by atoms with Crippen molar-refractivity contribution in [1.82, 2.24) is 4.72 Å². The maximum absolute atomic E-state index is 11.5. The Morgan fingerprint density at radius 2 is 1.93 bits per heavy atom. The Kier molecular flexibility index (Phi) is 4.13. The SMILES string of the molecule is CC(C)S(=O)(=O)NCc1ccccc1Cl. The van der Waals surface area contributed by atoms with E-state index >= 15 is 0 Å². The lowest BCUT2D eigenvalue weighted by atomic mass is 10.2. The van der Waals surface area contributed by atoms with Crippen LogP contribution in [0.25, 0.3) is 0 Å². The zero-order chi connectivity index (χ0) is 11.5. The Bertz CT molecular complexity index is 429. The van der Waals surface area contributed by atoms with Gasteiger partial charge in [0.25, 0.3) is 0 Å². The number of rotatable bonds is 4. The van der Waals surface area contributed by atoms with Gasteiger partial charge in [-0.1, -0.05) is 29.8 Å². The van der Waals surface area contributed by atoms with Crippen molar-refractivity contribution in [3.8, 4) is 0 Å². The average molecular weight is 248 g/mol. The van der Waals surface area contributed by atoms with Gasteiger partial charge < -0.3 is 0 Å². The second-order valence-electron chi connectivity index (χ2n) is 3.51. The fraction of sp³-hybridized carbons (Fsp3) is 0.400. The minimum atomic E-state index is -3.22. The summed E-state index contributed by atoms with van der Waals surface area (Å²) < 4.78 is 25.4. The molecule has 1 rings (SSSR count). The van der Waals surface area contributed by atoms with Gasteiger partial charge in [-0.05, 0) is 25.5 Å². The van der Waals surface area contributed by atoms with E-state index in [1.165, 1.54) is 0 Å². The number of hydrogen-bond acceptors (Lipinski definition) is 2. The minimum absolute atomic E-state index is 0.236. The van der Waals surface area contributed by atoms with E-state index in [0.29, 0.717) is 5.02 Å². The summed E-state index contributed by atoms with van der Waals surface area (Å²) in [6.45, 7) is 3.50. The van der Waals surface area contributed by atoms with Crippen LogP contribution in [0.1, 0.15) is 19.4 Å². The summed E-state index contributed by atoms with van der Waals surface area (Å²) in [7, 11) is -3.22. The van der Waals surface area contributed by atoms with E-state index in [2.05, 4.69) is 4.72 Å². The van der Waals surface area contributed by atoms with Crippen LogP contribution in [0.4, 0.5) is 0 Å². The quantitative estimate of drug-likeness (QED) is 0.887. The zero-order valence-electron chi connectivity index (χ0n) is 8.70. The fourth-order valence-electron chi connectivity index (χ4n) is 0.987. The van der Waals surface area contributed by atoms with E-state index in [4.69, 9.17) is 11.6 Å². The molecule has 5 heteroatoms. The molecular formula is C10H14ClNO2S. The first kappa shape index (κ1) is 12.5. The summed E-state index contributed by atoms with van der Waals surface area (Å²) in [5, 5.41) is 0.143. The maximum Gasteiger partial charge on any atom is 0.214 e. The van der Waals surface area contributed by atoms with Gasteiger partial charge in [0.15, 0.2) is 0 Å². The number of benzene rings is 1. The average Bonchev–Trinajstić information content (AvgIpc) is 2.16. The Morgan fingerprint density at radius 1 is 1.33 bits per heavy atom. The normalized spacial score (nSPS) is 12.0. The highest BCUT2D eigenvalue weighted by atomic mass is 35.5. The van der Waals surface area contributed by atoms with E-state index in [-0.39, 0.29) is 6.54 Å². The molecule has 0 unspecified atom stereocenters. The van der Waals surface area contributed by atoms with Crippen LogP contribution in [0.3, 0.4) is 0 Å². The van der Waals surface area contributed by atoms with Crippen molar-refractivity contribution in [2.45, 2.75) is 25.6 Å².